The first-order chi connectivity index (χ1) is 15.0. The first kappa shape index (κ1) is 22.5. The number of amides is 1. The third-order valence-corrected chi connectivity index (χ3v) is 5.52. The van der Waals surface area contributed by atoms with Crippen LogP contribution in [0.25, 0.3) is 16.7 Å². The van der Waals surface area contributed by atoms with Crippen LogP contribution in [0.5, 0.6) is 0 Å². The molecule has 3 aromatic rings. The van der Waals surface area contributed by atoms with Crippen molar-refractivity contribution in [2.45, 2.75) is 25.1 Å². The number of hydrogen-bond acceptors (Lipinski definition) is 3. The van der Waals surface area contributed by atoms with Gasteiger partial charge < -0.3 is 5.32 Å². The Kier molecular flexibility index (Phi) is 5.62. The largest absolute Gasteiger partial charge is 0.408 e. The van der Waals surface area contributed by atoms with Crippen LogP contribution in [0, 0.1) is 17.6 Å². The van der Waals surface area contributed by atoms with E-state index in [1.807, 2.05) is 5.32 Å². The lowest BCUT2D eigenvalue weighted by Gasteiger charge is -2.21. The molecule has 1 aliphatic carbocycles. The van der Waals surface area contributed by atoms with Gasteiger partial charge >= 0.3 is 6.18 Å². The molecule has 0 bridgehead atoms. The van der Waals surface area contributed by atoms with E-state index in [2.05, 4.69) is 4.98 Å². The summed E-state index contributed by atoms with van der Waals surface area (Å²) in [5.41, 5.74) is -2.32. The second-order valence-electron chi connectivity index (χ2n) is 7.30. The van der Waals surface area contributed by atoms with Crippen molar-refractivity contribution in [2.75, 3.05) is 0 Å². The van der Waals surface area contributed by atoms with Crippen LogP contribution in [-0.4, -0.2) is 27.7 Å². The fourth-order valence-corrected chi connectivity index (χ4v) is 3.82. The van der Waals surface area contributed by atoms with Gasteiger partial charge in [-0.2, -0.15) is 13.2 Å². The molecule has 1 fully saturated rings. The number of carbonyl (C=O) groups excluding carboxylic acids is 1. The summed E-state index contributed by atoms with van der Waals surface area (Å²) in [4.78, 5) is 29.5. The molecule has 2 aromatic heterocycles. The summed E-state index contributed by atoms with van der Waals surface area (Å²) < 4.78 is 69.1. The first-order valence-electron chi connectivity index (χ1n) is 9.21. The highest BCUT2D eigenvalue weighted by atomic mass is 35.5. The number of nitrogens with zero attached hydrogens (tertiary/aromatic N) is 2. The molecule has 1 aliphatic rings. The number of halogens is 7. The molecule has 1 aromatic carbocycles. The lowest BCUT2D eigenvalue weighted by molar-refractivity contribution is -0.158. The summed E-state index contributed by atoms with van der Waals surface area (Å²) in [7, 11) is 0. The Morgan fingerprint density at radius 2 is 1.88 bits per heavy atom. The van der Waals surface area contributed by atoms with Crippen molar-refractivity contribution in [3.8, 4) is 5.69 Å². The number of alkyl halides is 3. The number of carbonyl (C=O) groups is 1. The van der Waals surface area contributed by atoms with Gasteiger partial charge in [-0.25, -0.2) is 13.8 Å². The van der Waals surface area contributed by atoms with E-state index in [1.165, 1.54) is 12.1 Å². The van der Waals surface area contributed by atoms with E-state index in [-0.39, 0.29) is 29.0 Å². The molecular weight excluding hydrogens is 480 g/mol. The molecule has 0 aliphatic heterocycles. The van der Waals surface area contributed by atoms with Crippen molar-refractivity contribution in [1.29, 1.82) is 0 Å². The van der Waals surface area contributed by atoms with Crippen LogP contribution in [-0.2, 0) is 0 Å². The maximum absolute atomic E-state index is 14.6. The molecule has 1 atom stereocenters. The molecule has 1 saturated carbocycles. The van der Waals surface area contributed by atoms with Crippen molar-refractivity contribution in [2.24, 2.45) is 5.92 Å². The van der Waals surface area contributed by atoms with E-state index < -0.39 is 57.4 Å². The van der Waals surface area contributed by atoms with Crippen LogP contribution in [0.4, 0.5) is 22.0 Å². The molecule has 0 saturated heterocycles. The van der Waals surface area contributed by atoms with Crippen molar-refractivity contribution >= 4 is 40.1 Å². The molecule has 12 heteroatoms. The Morgan fingerprint density at radius 3 is 2.47 bits per heavy atom. The van der Waals surface area contributed by atoms with Crippen LogP contribution in [0.3, 0.4) is 0 Å². The molecule has 5 nitrogen and oxygen atoms in total. The van der Waals surface area contributed by atoms with Crippen molar-refractivity contribution < 1.29 is 26.7 Å². The van der Waals surface area contributed by atoms with Gasteiger partial charge in [0.05, 0.1) is 10.4 Å². The number of aromatic nitrogens is 2. The van der Waals surface area contributed by atoms with Crippen LogP contribution < -0.4 is 10.7 Å². The molecular formula is C20H12Cl2F5N3O2. The Labute approximate surface area is 186 Å². The Balaban J connectivity index is 1.92. The molecule has 0 spiro atoms. The monoisotopic (exact) mass is 491 g/mol. The zero-order valence-corrected chi connectivity index (χ0v) is 17.3. The van der Waals surface area contributed by atoms with Gasteiger partial charge in [0.15, 0.2) is 5.82 Å². The molecule has 168 valence electrons. The van der Waals surface area contributed by atoms with E-state index in [0.717, 1.165) is 16.8 Å². The maximum Gasteiger partial charge on any atom is 0.408 e. The van der Waals surface area contributed by atoms with Crippen LogP contribution in [0.2, 0.25) is 10.2 Å². The summed E-state index contributed by atoms with van der Waals surface area (Å²) in [6, 6.07) is 1.59. The molecule has 1 amide bonds. The average molecular weight is 492 g/mol. The molecule has 0 radical (unpaired) electrons. The second kappa shape index (κ2) is 8.00. The first-order valence-corrected chi connectivity index (χ1v) is 9.97. The summed E-state index contributed by atoms with van der Waals surface area (Å²) in [6.45, 7) is 0. The lowest BCUT2D eigenvalue weighted by atomic mass is 10.1. The molecule has 0 unspecified atom stereocenters. The topological polar surface area (TPSA) is 64.0 Å². The number of pyridine rings is 2. The Bertz CT molecular complexity index is 1280. The summed E-state index contributed by atoms with van der Waals surface area (Å²) >= 11 is 11.9. The van der Waals surface area contributed by atoms with Crippen molar-refractivity contribution in [1.82, 2.24) is 14.9 Å². The predicted molar refractivity (Wildman–Crippen MR) is 107 cm³/mol. The predicted octanol–water partition coefficient (Wildman–Crippen LogP) is 5.04. The number of nitrogens with one attached hydrogen (secondary N) is 1. The van der Waals surface area contributed by atoms with Gasteiger partial charge in [-0.3, -0.25) is 14.2 Å². The van der Waals surface area contributed by atoms with Crippen molar-refractivity contribution in [3.63, 3.8) is 0 Å². The van der Waals surface area contributed by atoms with E-state index in [0.29, 0.717) is 6.07 Å². The summed E-state index contributed by atoms with van der Waals surface area (Å²) in [5, 5.41) is 1.12. The van der Waals surface area contributed by atoms with Gasteiger partial charge in [0.1, 0.15) is 33.9 Å². The number of rotatable bonds is 4. The minimum absolute atomic E-state index is 0.0904. The van der Waals surface area contributed by atoms with Crippen molar-refractivity contribution in [3.05, 3.63) is 68.1 Å². The van der Waals surface area contributed by atoms with Gasteiger partial charge in [0.25, 0.3) is 5.91 Å². The fraction of sp³-hybridized carbons (Fsp3) is 0.250. The number of fused-ring (bicyclic) bond motifs is 1. The van der Waals surface area contributed by atoms with E-state index in [4.69, 9.17) is 23.2 Å². The van der Waals surface area contributed by atoms with Crippen LogP contribution >= 0.6 is 23.2 Å². The molecule has 1 N–H and O–H groups in total. The van der Waals surface area contributed by atoms with Gasteiger partial charge in [0.2, 0.25) is 5.43 Å². The van der Waals surface area contributed by atoms with E-state index >= 15 is 0 Å². The quantitative estimate of drug-likeness (QED) is 0.410. The fourth-order valence-electron chi connectivity index (χ4n) is 3.39. The second-order valence-corrected chi connectivity index (χ2v) is 8.09. The minimum Gasteiger partial charge on any atom is -0.340 e. The van der Waals surface area contributed by atoms with Gasteiger partial charge in [-0.05, 0) is 37.0 Å². The third kappa shape index (κ3) is 4.16. The van der Waals surface area contributed by atoms with E-state index in [9.17, 15) is 31.5 Å². The van der Waals surface area contributed by atoms with Gasteiger partial charge in [0, 0.05) is 12.3 Å². The lowest BCUT2D eigenvalue weighted by Crippen LogP contribution is -2.48. The third-order valence-electron chi connectivity index (χ3n) is 5.02. The average Bonchev–Trinajstić information content (AvgIpc) is 3.50. The molecule has 4 rings (SSSR count). The zero-order valence-electron chi connectivity index (χ0n) is 15.8. The summed E-state index contributed by atoms with van der Waals surface area (Å²) in [5.74, 6) is -4.22. The minimum atomic E-state index is -4.71. The Hall–Kier alpha value is -2.72. The smallest absolute Gasteiger partial charge is 0.340 e. The van der Waals surface area contributed by atoms with Crippen LogP contribution in [0.15, 0.2) is 35.3 Å². The van der Waals surface area contributed by atoms with E-state index in [1.54, 1.807) is 0 Å². The number of benzene rings is 1. The molecule has 2 heterocycles. The van der Waals surface area contributed by atoms with Crippen LogP contribution in [0.1, 0.15) is 23.2 Å². The Morgan fingerprint density at radius 1 is 1.19 bits per heavy atom. The SMILES string of the molecule is O=C(N[C@H](C1CC1)C(F)(F)F)c1cn(-c2c(F)cc(F)cc2Cl)c2nc(Cl)ccc2c1=O. The van der Waals surface area contributed by atoms with Gasteiger partial charge in [-0.1, -0.05) is 23.2 Å². The zero-order chi connectivity index (χ0) is 23.4. The molecule has 32 heavy (non-hydrogen) atoms. The highest BCUT2D eigenvalue weighted by Gasteiger charge is 2.49. The maximum atomic E-state index is 14.6. The van der Waals surface area contributed by atoms with Gasteiger partial charge in [-0.15, -0.1) is 0 Å². The standard InChI is InChI=1S/C20H12Cl2F5N3O2/c21-12-5-9(23)6-13(24)15(12)30-7-11(16(31)10-3-4-14(22)28-18(10)30)19(32)29-17(8-1-2-8)20(25,26)27/h3-8,17H,1-2H2,(H,29,32)/t17-/m1/s1. The normalized spacial score (nSPS) is 15.1. The summed E-state index contributed by atoms with van der Waals surface area (Å²) in [6.07, 6.45) is -3.34. The highest BCUT2D eigenvalue weighted by Crippen LogP contribution is 2.40. The number of hydrogen-bond donors (Lipinski definition) is 1. The highest BCUT2D eigenvalue weighted by molar-refractivity contribution is 6.32.